The molecular formula is C21H18Br3NO3. The van der Waals surface area contributed by atoms with Crippen LogP contribution >= 0.6 is 47.8 Å². The van der Waals surface area contributed by atoms with Crippen LogP contribution in [0.4, 0.5) is 0 Å². The van der Waals surface area contributed by atoms with E-state index in [1.54, 1.807) is 0 Å². The Morgan fingerprint density at radius 1 is 0.929 bits per heavy atom. The molecule has 0 bridgehead atoms. The van der Waals surface area contributed by atoms with Crippen molar-refractivity contribution >= 4 is 47.8 Å². The van der Waals surface area contributed by atoms with Crippen LogP contribution in [0.1, 0.15) is 22.6 Å². The quantitative estimate of drug-likeness (QED) is 0.314. The van der Waals surface area contributed by atoms with Gasteiger partial charge in [-0.3, -0.25) is 4.79 Å². The molecule has 3 rings (SSSR count). The van der Waals surface area contributed by atoms with Crippen LogP contribution < -0.4 is 14.9 Å². The molecule has 2 aromatic carbocycles. The number of hydrogen-bond donors (Lipinski definition) is 1. The second kappa shape index (κ2) is 9.76. The molecule has 0 amide bonds. The number of hydrogen-bond acceptors (Lipinski definition) is 3. The van der Waals surface area contributed by atoms with Crippen molar-refractivity contribution in [1.82, 2.24) is 4.98 Å². The molecule has 0 fully saturated rings. The number of H-pyrrole nitrogens is 1. The Morgan fingerprint density at radius 3 is 2.21 bits per heavy atom. The van der Waals surface area contributed by atoms with Crippen LogP contribution in [0.5, 0.6) is 17.2 Å². The first kappa shape index (κ1) is 21.1. The summed E-state index contributed by atoms with van der Waals surface area (Å²) >= 11 is 10.3. The number of nitrogens with one attached hydrogen (secondary N) is 1. The third-order valence-corrected chi connectivity index (χ3v) is 6.70. The maximum absolute atomic E-state index is 12.2. The lowest BCUT2D eigenvalue weighted by Gasteiger charge is -2.15. The van der Waals surface area contributed by atoms with Crippen LogP contribution in [0.2, 0.25) is 0 Å². The summed E-state index contributed by atoms with van der Waals surface area (Å²) in [6, 6.07) is 17.1. The fourth-order valence-electron chi connectivity index (χ4n) is 2.57. The number of aryl methyl sites for hydroxylation is 1. The number of aromatic nitrogens is 1. The van der Waals surface area contributed by atoms with E-state index >= 15 is 0 Å². The molecule has 1 heterocycles. The molecule has 7 heteroatoms. The molecule has 1 unspecified atom stereocenters. The Kier molecular flexibility index (Phi) is 7.37. The summed E-state index contributed by atoms with van der Waals surface area (Å²) in [5.41, 5.74) is 1.54. The maximum Gasteiger partial charge on any atom is 0.210 e. The number of para-hydroxylation sites is 1. The smallest absolute Gasteiger partial charge is 0.210 e. The molecule has 4 nitrogen and oxygen atoms in total. The van der Waals surface area contributed by atoms with Gasteiger partial charge in [-0.2, -0.15) is 0 Å². The summed E-state index contributed by atoms with van der Waals surface area (Å²) in [5, 5.41) is 0. The van der Waals surface area contributed by atoms with Gasteiger partial charge in [0, 0.05) is 11.4 Å². The van der Waals surface area contributed by atoms with Gasteiger partial charge in [0.05, 0.1) is 20.4 Å². The molecule has 0 saturated heterocycles. The highest BCUT2D eigenvalue weighted by atomic mass is 79.9. The molecule has 0 aliphatic carbocycles. The lowest BCUT2D eigenvalue weighted by atomic mass is 10.2. The molecule has 146 valence electrons. The highest BCUT2D eigenvalue weighted by molar-refractivity contribution is 9.11. The van der Waals surface area contributed by atoms with E-state index in [2.05, 4.69) is 52.8 Å². The largest absolute Gasteiger partial charge is 0.494 e. The van der Waals surface area contributed by atoms with E-state index in [0.29, 0.717) is 22.0 Å². The molecule has 1 N–H and O–H groups in total. The van der Waals surface area contributed by atoms with Crippen molar-refractivity contribution in [2.75, 3.05) is 6.61 Å². The summed E-state index contributed by atoms with van der Waals surface area (Å²) in [6.45, 7) is 2.36. The molecule has 0 saturated carbocycles. The zero-order valence-electron chi connectivity index (χ0n) is 15.0. The van der Waals surface area contributed by atoms with E-state index in [-0.39, 0.29) is 10.3 Å². The minimum atomic E-state index is -0.0642. The molecule has 0 spiro atoms. The predicted octanol–water partition coefficient (Wildman–Crippen LogP) is 6.91. The normalized spacial score (nSPS) is 11.9. The minimum Gasteiger partial charge on any atom is -0.494 e. The van der Waals surface area contributed by atoms with Crippen LogP contribution in [-0.2, 0) is 0 Å². The molecule has 3 aromatic rings. The third-order valence-electron chi connectivity index (χ3n) is 4.04. The fraction of sp³-hybridized carbons (Fsp3) is 0.190. The summed E-state index contributed by atoms with van der Waals surface area (Å²) in [5.74, 6) is 2.31. The fourth-order valence-corrected chi connectivity index (χ4v) is 4.54. The number of alkyl halides is 1. The van der Waals surface area contributed by atoms with Gasteiger partial charge in [-0.25, -0.2) is 0 Å². The monoisotopic (exact) mass is 569 g/mol. The first-order chi connectivity index (χ1) is 13.5. The lowest BCUT2D eigenvalue weighted by Crippen LogP contribution is -2.13. The molecule has 0 radical (unpaired) electrons. The average Bonchev–Trinajstić information content (AvgIpc) is 2.71. The first-order valence-corrected chi connectivity index (χ1v) is 11.1. The highest BCUT2D eigenvalue weighted by Gasteiger charge is 2.17. The van der Waals surface area contributed by atoms with Crippen molar-refractivity contribution in [1.29, 1.82) is 0 Å². The molecule has 1 aromatic heterocycles. The van der Waals surface area contributed by atoms with Crippen LogP contribution in [-0.4, -0.2) is 11.6 Å². The van der Waals surface area contributed by atoms with E-state index in [0.717, 1.165) is 28.6 Å². The zero-order valence-corrected chi connectivity index (χ0v) is 19.8. The maximum atomic E-state index is 12.2. The summed E-state index contributed by atoms with van der Waals surface area (Å²) < 4.78 is 12.7. The van der Waals surface area contributed by atoms with Gasteiger partial charge in [-0.1, -0.05) is 34.1 Å². The highest BCUT2D eigenvalue weighted by Crippen LogP contribution is 2.31. The summed E-state index contributed by atoms with van der Waals surface area (Å²) in [7, 11) is 0. The number of rotatable bonds is 7. The SMILES string of the molecule is Cc1[nH]c(C(Br)CCOc2ccc(Oc3ccccc3)cc2)c(Br)c(=O)c1Br. The van der Waals surface area contributed by atoms with Crippen LogP contribution in [0.15, 0.2) is 68.3 Å². The number of benzene rings is 2. The topological polar surface area (TPSA) is 51.3 Å². The van der Waals surface area contributed by atoms with Gasteiger partial charge >= 0.3 is 0 Å². The average molecular weight is 572 g/mol. The second-order valence-corrected chi connectivity index (χ2v) is 8.80. The van der Waals surface area contributed by atoms with Crippen LogP contribution in [0, 0.1) is 6.92 Å². The molecule has 0 aliphatic heterocycles. The minimum absolute atomic E-state index is 0.0398. The van der Waals surface area contributed by atoms with Gasteiger partial charge in [0.25, 0.3) is 0 Å². The van der Waals surface area contributed by atoms with Crippen molar-refractivity contribution in [2.24, 2.45) is 0 Å². The van der Waals surface area contributed by atoms with Gasteiger partial charge in [0.2, 0.25) is 5.43 Å². The van der Waals surface area contributed by atoms with E-state index < -0.39 is 0 Å². The van der Waals surface area contributed by atoms with Gasteiger partial charge in [0.1, 0.15) is 17.2 Å². The number of ether oxygens (including phenoxy) is 2. The van der Waals surface area contributed by atoms with Gasteiger partial charge < -0.3 is 14.5 Å². The zero-order chi connectivity index (χ0) is 20.1. The van der Waals surface area contributed by atoms with Crippen molar-refractivity contribution in [3.63, 3.8) is 0 Å². The van der Waals surface area contributed by atoms with Gasteiger partial charge in [0.15, 0.2) is 0 Å². The van der Waals surface area contributed by atoms with Gasteiger partial charge in [-0.05, 0) is 81.6 Å². The Balaban J connectivity index is 1.56. The predicted molar refractivity (Wildman–Crippen MR) is 122 cm³/mol. The van der Waals surface area contributed by atoms with E-state index in [1.165, 1.54) is 0 Å². The van der Waals surface area contributed by atoms with Crippen LogP contribution in [0.3, 0.4) is 0 Å². The Morgan fingerprint density at radius 2 is 1.54 bits per heavy atom. The number of aromatic amines is 1. The van der Waals surface area contributed by atoms with Crippen molar-refractivity contribution in [3.05, 3.63) is 85.2 Å². The number of pyridine rings is 1. The summed E-state index contributed by atoms with van der Waals surface area (Å²) in [6.07, 6.45) is 0.692. The van der Waals surface area contributed by atoms with E-state index in [1.807, 2.05) is 61.5 Å². The number of halogens is 3. The third kappa shape index (κ3) is 5.27. The Bertz CT molecular complexity index is 988. The Hall–Kier alpha value is -1.57. The molecule has 28 heavy (non-hydrogen) atoms. The van der Waals surface area contributed by atoms with E-state index in [9.17, 15) is 4.79 Å². The standard InChI is InChI=1S/C21H18Br3NO3/c1-13-18(23)21(26)19(24)20(25-13)17(22)11-12-27-14-7-9-16(10-8-14)28-15-5-3-2-4-6-15/h2-10,17H,11-12H2,1H3,(H,25,26). The van der Waals surface area contributed by atoms with Crippen molar-refractivity contribution in [3.8, 4) is 17.2 Å². The molecule has 0 aliphatic rings. The lowest BCUT2D eigenvalue weighted by molar-refractivity contribution is 0.309. The van der Waals surface area contributed by atoms with E-state index in [4.69, 9.17) is 9.47 Å². The summed E-state index contributed by atoms with van der Waals surface area (Å²) in [4.78, 5) is 15.4. The molecular weight excluding hydrogens is 554 g/mol. The molecule has 1 atom stereocenters. The van der Waals surface area contributed by atoms with Crippen molar-refractivity contribution in [2.45, 2.75) is 18.2 Å². The van der Waals surface area contributed by atoms with Crippen molar-refractivity contribution < 1.29 is 9.47 Å². The van der Waals surface area contributed by atoms with Gasteiger partial charge in [-0.15, -0.1) is 0 Å². The second-order valence-electron chi connectivity index (χ2n) is 6.11. The first-order valence-electron chi connectivity index (χ1n) is 8.63. The Labute approximate surface area is 188 Å². The van der Waals surface area contributed by atoms with Crippen LogP contribution in [0.25, 0.3) is 0 Å².